The van der Waals surface area contributed by atoms with Crippen LogP contribution in [0.1, 0.15) is 18.4 Å². The van der Waals surface area contributed by atoms with Gasteiger partial charge >= 0.3 is 0 Å². The second-order valence-electron chi connectivity index (χ2n) is 6.70. The number of carbonyl (C=O) groups is 3. The van der Waals surface area contributed by atoms with Gasteiger partial charge in [-0.25, -0.2) is 0 Å². The summed E-state index contributed by atoms with van der Waals surface area (Å²) in [5.41, 5.74) is 2.78. The van der Waals surface area contributed by atoms with E-state index in [0.717, 1.165) is 22.9 Å². The predicted octanol–water partition coefficient (Wildman–Crippen LogP) is 1.55. The molecule has 4 rings (SSSR count). The predicted molar refractivity (Wildman–Crippen MR) is 105 cm³/mol. The lowest BCUT2D eigenvalue weighted by Crippen LogP contribution is -2.41. The van der Waals surface area contributed by atoms with Gasteiger partial charge in [-0.3, -0.25) is 24.1 Å². The summed E-state index contributed by atoms with van der Waals surface area (Å²) in [6.45, 7) is 2.51. The van der Waals surface area contributed by atoms with Crippen LogP contribution in [0.15, 0.2) is 35.5 Å². The van der Waals surface area contributed by atoms with Crippen molar-refractivity contribution in [2.75, 3.05) is 18.8 Å². The number of benzene rings is 1. The maximum atomic E-state index is 12.1. The van der Waals surface area contributed by atoms with E-state index in [0.29, 0.717) is 23.8 Å². The molecule has 144 valence electrons. The Morgan fingerprint density at radius 1 is 1.21 bits per heavy atom. The van der Waals surface area contributed by atoms with Crippen molar-refractivity contribution in [3.63, 3.8) is 0 Å². The molecule has 1 aliphatic rings. The van der Waals surface area contributed by atoms with E-state index in [-0.39, 0.29) is 18.2 Å². The highest BCUT2D eigenvalue weighted by Gasteiger charge is 2.23. The average Bonchev–Trinajstić information content (AvgIpc) is 3.26. The van der Waals surface area contributed by atoms with Gasteiger partial charge in [-0.15, -0.1) is 10.2 Å². The van der Waals surface area contributed by atoms with Crippen LogP contribution in [0, 0.1) is 6.92 Å². The first-order chi connectivity index (χ1) is 13.5. The summed E-state index contributed by atoms with van der Waals surface area (Å²) in [5.74, 6) is -0.903. The molecule has 1 aromatic carbocycles. The lowest BCUT2D eigenvalue weighted by atomic mass is 10.1. The monoisotopic (exact) mass is 397 g/mol. The van der Waals surface area contributed by atoms with Crippen molar-refractivity contribution in [2.45, 2.75) is 24.9 Å². The lowest BCUT2D eigenvalue weighted by Gasteiger charge is -2.14. The van der Waals surface area contributed by atoms with E-state index in [9.17, 15) is 14.4 Å². The van der Waals surface area contributed by atoms with E-state index in [4.69, 9.17) is 0 Å². The summed E-state index contributed by atoms with van der Waals surface area (Å²) in [6, 6.07) is 9.89. The fourth-order valence-corrected chi connectivity index (χ4v) is 4.13. The number of fused-ring (bicyclic) bond motifs is 3. The maximum Gasteiger partial charge on any atom is 0.246 e. The Morgan fingerprint density at radius 3 is 2.82 bits per heavy atom. The van der Waals surface area contributed by atoms with Crippen molar-refractivity contribution in [3.05, 3.63) is 35.9 Å². The molecule has 3 aromatic rings. The summed E-state index contributed by atoms with van der Waals surface area (Å²) in [5, 5.41) is 12.4. The summed E-state index contributed by atoms with van der Waals surface area (Å²) in [4.78, 5) is 37.2. The smallest absolute Gasteiger partial charge is 0.246 e. The topological polar surface area (TPSA) is 96.7 Å². The van der Waals surface area contributed by atoms with Crippen molar-refractivity contribution < 1.29 is 14.4 Å². The fourth-order valence-electron chi connectivity index (χ4n) is 3.37. The van der Waals surface area contributed by atoms with Gasteiger partial charge in [0.1, 0.15) is 0 Å². The molecule has 28 heavy (non-hydrogen) atoms. The standard InChI is InChI=1S/C19H19N5O3S/c1-12-9-15-21-22-19(24(15)14-6-3-2-5-13(12)14)28-11-17(26)20-16(25)10-23-8-4-7-18(23)27/h2-3,5-6,9H,4,7-8,10-11H2,1H3,(H,20,25,26). The molecular weight excluding hydrogens is 378 g/mol. The van der Waals surface area contributed by atoms with Crippen molar-refractivity contribution in [1.82, 2.24) is 24.8 Å². The number of carbonyl (C=O) groups excluding carboxylic acids is 3. The molecule has 1 N–H and O–H groups in total. The largest absolute Gasteiger partial charge is 0.333 e. The number of hydrogen-bond acceptors (Lipinski definition) is 6. The number of para-hydroxylation sites is 1. The summed E-state index contributed by atoms with van der Waals surface area (Å²) in [6.07, 6.45) is 1.22. The summed E-state index contributed by atoms with van der Waals surface area (Å²) in [7, 11) is 0. The zero-order chi connectivity index (χ0) is 19.7. The molecule has 9 heteroatoms. The van der Waals surface area contributed by atoms with Gasteiger partial charge < -0.3 is 4.90 Å². The second-order valence-corrected chi connectivity index (χ2v) is 7.64. The number of rotatable bonds is 5. The van der Waals surface area contributed by atoms with Gasteiger partial charge in [-0.2, -0.15) is 0 Å². The van der Waals surface area contributed by atoms with E-state index < -0.39 is 11.8 Å². The molecular formula is C19H19N5O3S. The van der Waals surface area contributed by atoms with E-state index in [1.807, 2.05) is 41.7 Å². The minimum absolute atomic E-state index is 0.0304. The summed E-state index contributed by atoms with van der Waals surface area (Å²) >= 11 is 1.22. The first-order valence-electron chi connectivity index (χ1n) is 8.99. The lowest BCUT2D eigenvalue weighted by molar-refractivity contribution is -0.135. The Morgan fingerprint density at radius 2 is 2.04 bits per heavy atom. The molecule has 0 bridgehead atoms. The number of nitrogens with one attached hydrogen (secondary N) is 1. The molecule has 8 nitrogen and oxygen atoms in total. The first-order valence-corrected chi connectivity index (χ1v) is 9.98. The normalized spacial score (nSPS) is 14.2. The van der Waals surface area contributed by atoms with Crippen molar-refractivity contribution >= 4 is 46.0 Å². The van der Waals surface area contributed by atoms with Crippen LogP contribution in [0.2, 0.25) is 0 Å². The minimum atomic E-state index is -0.465. The third-order valence-electron chi connectivity index (χ3n) is 4.69. The van der Waals surface area contributed by atoms with Gasteiger partial charge in [0.25, 0.3) is 0 Å². The molecule has 2 aromatic heterocycles. The number of pyridine rings is 1. The van der Waals surface area contributed by atoms with Crippen LogP contribution in [0.5, 0.6) is 0 Å². The third-order valence-corrected chi connectivity index (χ3v) is 5.62. The van der Waals surface area contributed by atoms with E-state index in [2.05, 4.69) is 15.5 Å². The van der Waals surface area contributed by atoms with Gasteiger partial charge in [-0.05, 0) is 31.0 Å². The molecule has 1 saturated heterocycles. The number of amides is 3. The minimum Gasteiger partial charge on any atom is -0.333 e. The van der Waals surface area contributed by atoms with Crippen LogP contribution >= 0.6 is 11.8 Å². The number of hydrogen-bond donors (Lipinski definition) is 1. The molecule has 1 fully saturated rings. The number of imide groups is 1. The van der Waals surface area contributed by atoms with Crippen LogP contribution in [-0.2, 0) is 14.4 Å². The Hall–Kier alpha value is -2.94. The molecule has 0 spiro atoms. The second kappa shape index (κ2) is 7.59. The molecule has 3 heterocycles. The molecule has 0 atom stereocenters. The van der Waals surface area contributed by atoms with Gasteiger partial charge in [0.2, 0.25) is 17.7 Å². The highest BCUT2D eigenvalue weighted by molar-refractivity contribution is 7.99. The van der Waals surface area contributed by atoms with E-state index in [1.54, 1.807) is 0 Å². The zero-order valence-corrected chi connectivity index (χ0v) is 16.2. The Labute approximate surface area is 165 Å². The number of aryl methyl sites for hydroxylation is 1. The van der Waals surface area contributed by atoms with Crippen LogP contribution < -0.4 is 5.32 Å². The van der Waals surface area contributed by atoms with Crippen LogP contribution in [0.25, 0.3) is 16.6 Å². The molecule has 3 amide bonds. The Bertz CT molecular complexity index is 1090. The highest BCUT2D eigenvalue weighted by atomic mass is 32.2. The number of thioether (sulfide) groups is 1. The molecule has 0 unspecified atom stereocenters. The van der Waals surface area contributed by atoms with E-state index >= 15 is 0 Å². The Balaban J connectivity index is 1.44. The third kappa shape index (κ3) is 3.57. The van der Waals surface area contributed by atoms with Crippen molar-refractivity contribution in [3.8, 4) is 0 Å². The van der Waals surface area contributed by atoms with Crippen molar-refractivity contribution in [1.29, 1.82) is 0 Å². The molecule has 0 aliphatic carbocycles. The molecule has 0 saturated carbocycles. The SMILES string of the molecule is Cc1cc2nnc(SCC(=O)NC(=O)CN3CCCC3=O)n2c2ccccc12. The van der Waals surface area contributed by atoms with E-state index in [1.165, 1.54) is 16.7 Å². The maximum absolute atomic E-state index is 12.1. The Kier molecular flexibility index (Phi) is 4.99. The quantitative estimate of drug-likeness (QED) is 0.656. The van der Waals surface area contributed by atoms with Gasteiger partial charge in [-0.1, -0.05) is 30.0 Å². The van der Waals surface area contributed by atoms with Crippen LogP contribution in [0.3, 0.4) is 0 Å². The zero-order valence-electron chi connectivity index (χ0n) is 15.3. The molecule has 0 radical (unpaired) electrons. The number of likely N-dealkylation sites (tertiary alicyclic amines) is 1. The number of nitrogens with zero attached hydrogens (tertiary/aromatic N) is 4. The van der Waals surface area contributed by atoms with Gasteiger partial charge in [0.05, 0.1) is 17.8 Å². The summed E-state index contributed by atoms with van der Waals surface area (Å²) < 4.78 is 1.91. The average molecular weight is 397 g/mol. The fraction of sp³-hybridized carbons (Fsp3) is 0.316. The highest BCUT2D eigenvalue weighted by Crippen LogP contribution is 2.25. The van der Waals surface area contributed by atoms with Gasteiger partial charge in [0.15, 0.2) is 10.8 Å². The van der Waals surface area contributed by atoms with Crippen LogP contribution in [0.4, 0.5) is 0 Å². The first kappa shape index (κ1) is 18.4. The number of aromatic nitrogens is 3. The van der Waals surface area contributed by atoms with Crippen LogP contribution in [-0.4, -0.2) is 56.1 Å². The van der Waals surface area contributed by atoms with Crippen molar-refractivity contribution in [2.24, 2.45) is 0 Å². The molecule has 1 aliphatic heterocycles. The van der Waals surface area contributed by atoms with Gasteiger partial charge in [0, 0.05) is 18.4 Å².